The number of piperazine rings is 1. The van der Waals surface area contributed by atoms with Crippen molar-refractivity contribution in [3.8, 4) is 0 Å². The van der Waals surface area contributed by atoms with Gasteiger partial charge in [-0.15, -0.1) is 0 Å². The molecule has 1 aliphatic heterocycles. The van der Waals surface area contributed by atoms with E-state index in [9.17, 15) is 26.3 Å². The molecular formula is C30H34F6N4. The van der Waals surface area contributed by atoms with Crippen molar-refractivity contribution in [3.05, 3.63) is 70.8 Å². The normalized spacial score (nSPS) is 18.0. The van der Waals surface area contributed by atoms with Crippen LogP contribution in [-0.4, -0.2) is 42.6 Å². The van der Waals surface area contributed by atoms with Gasteiger partial charge in [0.15, 0.2) is 0 Å². The fourth-order valence-electron chi connectivity index (χ4n) is 5.89. The molecule has 0 amide bonds. The number of hydrogen-bond donors (Lipinski definition) is 1. The number of nitrogens with zero attached hydrogens (tertiary/aromatic N) is 3. The number of fused-ring (bicyclic) bond motifs is 1. The maximum atomic E-state index is 13.3. The summed E-state index contributed by atoms with van der Waals surface area (Å²) >= 11 is 0. The summed E-state index contributed by atoms with van der Waals surface area (Å²) in [6.07, 6.45) is -3.15. The van der Waals surface area contributed by atoms with Gasteiger partial charge in [0, 0.05) is 56.8 Å². The maximum absolute atomic E-state index is 13.3. The zero-order valence-electron chi connectivity index (χ0n) is 22.3. The zero-order chi connectivity index (χ0) is 28.3. The van der Waals surface area contributed by atoms with E-state index >= 15 is 0 Å². The Morgan fingerprint density at radius 1 is 0.775 bits per heavy atom. The van der Waals surface area contributed by atoms with Crippen molar-refractivity contribution in [2.45, 2.75) is 57.5 Å². The molecule has 216 valence electrons. The molecule has 0 atom stereocenters. The second kappa shape index (κ2) is 11.9. The highest BCUT2D eigenvalue weighted by Crippen LogP contribution is 2.36. The molecular weight excluding hydrogens is 530 g/mol. The molecule has 1 aromatic heterocycles. The predicted molar refractivity (Wildman–Crippen MR) is 144 cm³/mol. The Hall–Kier alpha value is -2.85. The first kappa shape index (κ1) is 28.7. The van der Waals surface area contributed by atoms with Gasteiger partial charge in [0.25, 0.3) is 0 Å². The monoisotopic (exact) mass is 564 g/mol. The number of halogens is 6. The number of para-hydroxylation sites is 1. The minimum Gasteiger partial charge on any atom is -0.354 e. The molecule has 2 fully saturated rings. The quantitative estimate of drug-likeness (QED) is 0.306. The molecule has 40 heavy (non-hydrogen) atoms. The summed E-state index contributed by atoms with van der Waals surface area (Å²) in [4.78, 5) is 9.70. The number of anilines is 1. The highest BCUT2D eigenvalue weighted by atomic mass is 19.4. The Morgan fingerprint density at radius 3 is 2.08 bits per heavy atom. The van der Waals surface area contributed by atoms with Crippen LogP contribution in [0, 0.1) is 5.92 Å². The summed E-state index contributed by atoms with van der Waals surface area (Å²) in [5, 5.41) is 4.00. The average Bonchev–Trinajstić information content (AvgIpc) is 2.93. The molecule has 1 N–H and O–H groups in total. The van der Waals surface area contributed by atoms with Crippen molar-refractivity contribution < 1.29 is 26.3 Å². The SMILES string of the molecule is FC(F)(F)c1cc(CNCc2cc3ccccc3nc2N2CCN(CC3CCCCC3)CC2)cc(C(F)(F)F)c1. The highest BCUT2D eigenvalue weighted by molar-refractivity contribution is 5.81. The van der Waals surface area contributed by atoms with Crippen LogP contribution in [0.15, 0.2) is 48.5 Å². The second-order valence-corrected chi connectivity index (χ2v) is 11.0. The molecule has 2 aromatic carbocycles. The lowest BCUT2D eigenvalue weighted by molar-refractivity contribution is -0.143. The van der Waals surface area contributed by atoms with Gasteiger partial charge in [0.2, 0.25) is 0 Å². The van der Waals surface area contributed by atoms with Crippen molar-refractivity contribution in [2.24, 2.45) is 5.92 Å². The molecule has 2 heterocycles. The molecule has 2 aliphatic rings. The summed E-state index contributed by atoms with van der Waals surface area (Å²) in [5.74, 6) is 1.58. The van der Waals surface area contributed by atoms with Crippen LogP contribution in [0.3, 0.4) is 0 Å². The third-order valence-corrected chi connectivity index (χ3v) is 7.99. The van der Waals surface area contributed by atoms with Crippen molar-refractivity contribution >= 4 is 16.7 Å². The van der Waals surface area contributed by atoms with Crippen LogP contribution in [0.5, 0.6) is 0 Å². The number of alkyl halides is 6. The van der Waals surface area contributed by atoms with Crippen molar-refractivity contribution in [3.63, 3.8) is 0 Å². The smallest absolute Gasteiger partial charge is 0.354 e. The van der Waals surface area contributed by atoms with Gasteiger partial charge in [-0.1, -0.05) is 37.5 Å². The molecule has 1 aliphatic carbocycles. The van der Waals surface area contributed by atoms with E-state index in [1.807, 2.05) is 30.3 Å². The minimum atomic E-state index is -4.87. The summed E-state index contributed by atoms with van der Waals surface area (Å²) in [5.41, 5.74) is -0.980. The summed E-state index contributed by atoms with van der Waals surface area (Å²) in [6, 6.07) is 11.4. The van der Waals surface area contributed by atoms with Gasteiger partial charge >= 0.3 is 12.4 Å². The highest BCUT2D eigenvalue weighted by Gasteiger charge is 2.36. The summed E-state index contributed by atoms with van der Waals surface area (Å²) in [7, 11) is 0. The van der Waals surface area contributed by atoms with Crippen LogP contribution in [-0.2, 0) is 25.4 Å². The molecule has 0 spiro atoms. The number of aromatic nitrogens is 1. The van der Waals surface area contributed by atoms with E-state index in [1.165, 1.54) is 32.1 Å². The first-order chi connectivity index (χ1) is 19.1. The number of pyridine rings is 1. The van der Waals surface area contributed by atoms with Crippen molar-refractivity contribution in [2.75, 3.05) is 37.6 Å². The Bertz CT molecular complexity index is 1260. The van der Waals surface area contributed by atoms with E-state index in [-0.39, 0.29) is 24.7 Å². The Balaban J connectivity index is 1.31. The van der Waals surface area contributed by atoms with Gasteiger partial charge in [-0.05, 0) is 54.7 Å². The Labute approximate surface area is 230 Å². The van der Waals surface area contributed by atoms with Crippen LogP contribution < -0.4 is 10.2 Å². The summed E-state index contributed by atoms with van der Waals surface area (Å²) < 4.78 is 79.7. The van der Waals surface area contributed by atoms with E-state index < -0.39 is 23.5 Å². The van der Waals surface area contributed by atoms with E-state index in [1.54, 1.807) is 0 Å². The first-order valence-corrected chi connectivity index (χ1v) is 13.9. The van der Waals surface area contributed by atoms with Gasteiger partial charge in [0.1, 0.15) is 5.82 Å². The van der Waals surface area contributed by atoms with Crippen molar-refractivity contribution in [1.82, 2.24) is 15.2 Å². The predicted octanol–water partition coefficient (Wildman–Crippen LogP) is 7.26. The van der Waals surface area contributed by atoms with Gasteiger partial charge in [-0.3, -0.25) is 4.90 Å². The molecule has 10 heteroatoms. The molecule has 0 radical (unpaired) electrons. The van der Waals surface area contributed by atoms with E-state index in [0.29, 0.717) is 0 Å². The first-order valence-electron chi connectivity index (χ1n) is 13.9. The number of nitrogens with one attached hydrogen (secondary N) is 1. The van der Waals surface area contributed by atoms with Crippen LogP contribution in [0.4, 0.5) is 32.2 Å². The average molecular weight is 565 g/mol. The molecule has 0 unspecified atom stereocenters. The lowest BCUT2D eigenvalue weighted by Crippen LogP contribution is -2.48. The Morgan fingerprint density at radius 2 is 1.43 bits per heavy atom. The van der Waals surface area contributed by atoms with Gasteiger partial charge in [0.05, 0.1) is 16.6 Å². The fourth-order valence-corrected chi connectivity index (χ4v) is 5.89. The minimum absolute atomic E-state index is 0.0752. The molecule has 1 saturated heterocycles. The molecule has 1 saturated carbocycles. The van der Waals surface area contributed by atoms with Gasteiger partial charge in [-0.25, -0.2) is 4.98 Å². The Kier molecular flexibility index (Phi) is 8.56. The number of rotatable bonds is 7. The third kappa shape index (κ3) is 7.07. The topological polar surface area (TPSA) is 31.4 Å². The number of benzene rings is 2. The van der Waals surface area contributed by atoms with E-state index in [0.717, 1.165) is 73.1 Å². The molecule has 3 aromatic rings. The lowest BCUT2D eigenvalue weighted by Gasteiger charge is -2.38. The third-order valence-electron chi connectivity index (χ3n) is 7.99. The molecule has 4 nitrogen and oxygen atoms in total. The standard InChI is InChI=1S/C30H34F6N4/c31-29(32,33)25-14-22(15-26(17-25)30(34,35)36)18-37-19-24-16-23-8-4-5-9-27(23)38-28(24)40-12-10-39(11-13-40)20-21-6-2-1-3-7-21/h4-5,8-9,14-17,21,37H,1-3,6-7,10-13,18-20H2. The van der Waals surface area contributed by atoms with Crippen LogP contribution in [0.2, 0.25) is 0 Å². The number of hydrogen-bond acceptors (Lipinski definition) is 4. The fraction of sp³-hybridized carbons (Fsp3) is 0.500. The van der Waals surface area contributed by atoms with Crippen LogP contribution >= 0.6 is 0 Å². The van der Waals surface area contributed by atoms with Crippen molar-refractivity contribution in [1.29, 1.82) is 0 Å². The van der Waals surface area contributed by atoms with Gasteiger partial charge < -0.3 is 10.2 Å². The van der Waals surface area contributed by atoms with Crippen LogP contribution in [0.1, 0.15) is 54.4 Å². The molecule has 0 bridgehead atoms. The van der Waals surface area contributed by atoms with Crippen LogP contribution in [0.25, 0.3) is 10.9 Å². The van der Waals surface area contributed by atoms with Gasteiger partial charge in [-0.2, -0.15) is 26.3 Å². The second-order valence-electron chi connectivity index (χ2n) is 11.0. The largest absolute Gasteiger partial charge is 0.416 e. The van der Waals surface area contributed by atoms with E-state index in [2.05, 4.69) is 15.1 Å². The maximum Gasteiger partial charge on any atom is 0.416 e. The van der Waals surface area contributed by atoms with E-state index in [4.69, 9.17) is 4.98 Å². The molecule has 5 rings (SSSR count). The summed E-state index contributed by atoms with van der Waals surface area (Å²) in [6.45, 7) is 4.73. The lowest BCUT2D eigenvalue weighted by atomic mass is 9.89. The zero-order valence-corrected chi connectivity index (χ0v) is 22.3.